The molecule has 1 aromatic carbocycles. The quantitative estimate of drug-likeness (QED) is 0.814. The molecular formula is C14H18N2OS. The second-order valence-electron chi connectivity index (χ2n) is 4.25. The Balaban J connectivity index is 1.96. The summed E-state index contributed by atoms with van der Waals surface area (Å²) in [4.78, 5) is 0. The molecule has 0 aliphatic carbocycles. The summed E-state index contributed by atoms with van der Waals surface area (Å²) in [7, 11) is 1.67. The van der Waals surface area contributed by atoms with Crippen LogP contribution >= 0.6 is 11.3 Å². The first kappa shape index (κ1) is 12.9. The Morgan fingerprint density at radius 3 is 2.67 bits per heavy atom. The Bertz CT molecular complexity index is 522. The number of benzene rings is 1. The topological polar surface area (TPSA) is 47.3 Å². The van der Waals surface area contributed by atoms with E-state index in [2.05, 4.69) is 23.0 Å². The summed E-state index contributed by atoms with van der Waals surface area (Å²) in [6.45, 7) is 3.79. The number of methoxy groups -OCH3 is 1. The highest BCUT2D eigenvalue weighted by atomic mass is 32.1. The van der Waals surface area contributed by atoms with Crippen molar-refractivity contribution in [3.63, 3.8) is 0 Å². The van der Waals surface area contributed by atoms with Crippen molar-refractivity contribution < 1.29 is 4.74 Å². The minimum atomic E-state index is 0.726. The molecule has 0 aliphatic rings. The van der Waals surface area contributed by atoms with Crippen molar-refractivity contribution in [3.05, 3.63) is 45.6 Å². The number of ether oxygens (including phenoxy) is 1. The molecule has 18 heavy (non-hydrogen) atoms. The first-order valence-corrected chi connectivity index (χ1v) is 6.79. The fourth-order valence-corrected chi connectivity index (χ4v) is 2.66. The van der Waals surface area contributed by atoms with E-state index in [9.17, 15) is 0 Å². The van der Waals surface area contributed by atoms with Crippen LogP contribution in [0.15, 0.2) is 29.0 Å². The highest BCUT2D eigenvalue weighted by molar-refractivity contribution is 7.08. The highest BCUT2D eigenvalue weighted by Gasteiger charge is 2.04. The van der Waals surface area contributed by atoms with Gasteiger partial charge < -0.3 is 15.8 Å². The molecule has 0 saturated carbocycles. The maximum atomic E-state index is 5.73. The molecule has 4 heteroatoms. The Morgan fingerprint density at radius 1 is 1.22 bits per heavy atom. The number of hydrogen-bond acceptors (Lipinski definition) is 4. The van der Waals surface area contributed by atoms with Crippen molar-refractivity contribution in [1.29, 1.82) is 0 Å². The van der Waals surface area contributed by atoms with Crippen LogP contribution in [0.3, 0.4) is 0 Å². The zero-order valence-corrected chi connectivity index (χ0v) is 11.5. The van der Waals surface area contributed by atoms with Crippen molar-refractivity contribution in [2.24, 2.45) is 0 Å². The van der Waals surface area contributed by atoms with Gasteiger partial charge in [0, 0.05) is 30.4 Å². The third-order valence-corrected chi connectivity index (χ3v) is 3.81. The van der Waals surface area contributed by atoms with Crippen LogP contribution in [0.4, 0.5) is 5.69 Å². The summed E-state index contributed by atoms with van der Waals surface area (Å²) in [6, 6.07) is 5.75. The monoisotopic (exact) mass is 262 g/mol. The van der Waals surface area contributed by atoms with Crippen molar-refractivity contribution in [2.45, 2.75) is 20.0 Å². The van der Waals surface area contributed by atoms with Gasteiger partial charge in [-0.25, -0.2) is 0 Å². The Kier molecular flexibility index (Phi) is 4.23. The zero-order valence-electron chi connectivity index (χ0n) is 10.7. The van der Waals surface area contributed by atoms with E-state index in [-0.39, 0.29) is 0 Å². The van der Waals surface area contributed by atoms with Gasteiger partial charge >= 0.3 is 0 Å². The number of aryl methyl sites for hydroxylation is 1. The first-order valence-electron chi connectivity index (χ1n) is 5.85. The Hall–Kier alpha value is -1.52. The van der Waals surface area contributed by atoms with E-state index in [1.165, 1.54) is 11.1 Å². The lowest BCUT2D eigenvalue weighted by atomic mass is 10.1. The van der Waals surface area contributed by atoms with Crippen LogP contribution < -0.4 is 15.8 Å². The molecule has 0 unspecified atom stereocenters. The van der Waals surface area contributed by atoms with Gasteiger partial charge in [0.05, 0.1) is 7.11 Å². The molecule has 0 aliphatic heterocycles. The van der Waals surface area contributed by atoms with Crippen LogP contribution in [0, 0.1) is 6.92 Å². The minimum absolute atomic E-state index is 0.726. The van der Waals surface area contributed by atoms with Gasteiger partial charge in [-0.2, -0.15) is 11.3 Å². The van der Waals surface area contributed by atoms with Crippen molar-refractivity contribution in [2.75, 3.05) is 12.8 Å². The smallest absolute Gasteiger partial charge is 0.125 e. The molecule has 2 rings (SSSR count). The summed E-state index contributed by atoms with van der Waals surface area (Å²) in [5.74, 6) is 0.838. The average Bonchev–Trinajstić information content (AvgIpc) is 2.77. The van der Waals surface area contributed by atoms with Gasteiger partial charge in [-0.3, -0.25) is 0 Å². The predicted octanol–water partition coefficient (Wildman–Crippen LogP) is 2.94. The molecular weight excluding hydrogens is 244 g/mol. The van der Waals surface area contributed by atoms with Gasteiger partial charge in [0.15, 0.2) is 0 Å². The fourth-order valence-electron chi connectivity index (χ4n) is 1.81. The summed E-state index contributed by atoms with van der Waals surface area (Å²) in [5, 5.41) is 7.78. The molecule has 0 amide bonds. The van der Waals surface area contributed by atoms with Crippen LogP contribution in [0.5, 0.6) is 5.75 Å². The molecule has 0 radical (unpaired) electrons. The lowest BCUT2D eigenvalue weighted by Gasteiger charge is -2.10. The van der Waals surface area contributed by atoms with E-state index in [1.807, 2.05) is 18.2 Å². The lowest BCUT2D eigenvalue weighted by molar-refractivity contribution is 0.408. The minimum Gasteiger partial charge on any atom is -0.496 e. The number of rotatable bonds is 5. The molecule has 2 aromatic rings. The number of nitrogens with two attached hydrogens (primary N) is 1. The third kappa shape index (κ3) is 3.03. The van der Waals surface area contributed by atoms with E-state index in [0.29, 0.717) is 0 Å². The fraction of sp³-hybridized carbons (Fsp3) is 0.286. The number of thiophene rings is 1. The zero-order chi connectivity index (χ0) is 13.0. The van der Waals surface area contributed by atoms with Gasteiger partial charge in [-0.15, -0.1) is 0 Å². The second-order valence-corrected chi connectivity index (χ2v) is 5.00. The van der Waals surface area contributed by atoms with Crippen LogP contribution in [0.25, 0.3) is 0 Å². The van der Waals surface area contributed by atoms with Crippen molar-refractivity contribution in [1.82, 2.24) is 5.32 Å². The highest BCUT2D eigenvalue weighted by Crippen LogP contribution is 2.21. The number of anilines is 1. The number of hydrogen-bond donors (Lipinski definition) is 2. The molecule has 0 saturated heterocycles. The first-order chi connectivity index (χ1) is 8.70. The van der Waals surface area contributed by atoms with Crippen LogP contribution in [0.1, 0.15) is 16.7 Å². The van der Waals surface area contributed by atoms with E-state index in [0.717, 1.165) is 30.1 Å². The van der Waals surface area contributed by atoms with E-state index in [4.69, 9.17) is 10.5 Å². The molecule has 0 atom stereocenters. The number of nitrogen functional groups attached to an aromatic ring is 1. The standard InChI is InChI=1S/C14H18N2OS/c1-10-8-18-9-12(10)7-16-6-11-3-4-13(15)5-14(11)17-2/h3-5,8-9,16H,6-7,15H2,1-2H3. The predicted molar refractivity (Wildman–Crippen MR) is 77.0 cm³/mol. The van der Waals surface area contributed by atoms with Gasteiger partial charge in [-0.05, 0) is 34.9 Å². The summed E-state index contributed by atoms with van der Waals surface area (Å²) in [5.41, 5.74) is 10.3. The van der Waals surface area contributed by atoms with E-state index < -0.39 is 0 Å². The van der Waals surface area contributed by atoms with E-state index in [1.54, 1.807) is 18.4 Å². The summed E-state index contributed by atoms with van der Waals surface area (Å²) >= 11 is 1.74. The maximum absolute atomic E-state index is 5.73. The number of nitrogens with one attached hydrogen (secondary N) is 1. The van der Waals surface area contributed by atoms with Crippen LogP contribution in [-0.2, 0) is 13.1 Å². The molecule has 1 aromatic heterocycles. The Labute approximate surface area is 112 Å². The molecule has 1 heterocycles. The van der Waals surface area contributed by atoms with Crippen molar-refractivity contribution >= 4 is 17.0 Å². The third-order valence-electron chi connectivity index (χ3n) is 2.90. The van der Waals surface area contributed by atoms with Crippen LogP contribution in [-0.4, -0.2) is 7.11 Å². The molecule has 0 spiro atoms. The molecule has 96 valence electrons. The van der Waals surface area contributed by atoms with E-state index >= 15 is 0 Å². The van der Waals surface area contributed by atoms with Gasteiger partial charge in [0.1, 0.15) is 5.75 Å². The normalized spacial score (nSPS) is 10.6. The molecule has 0 fully saturated rings. The molecule has 3 N–H and O–H groups in total. The lowest BCUT2D eigenvalue weighted by Crippen LogP contribution is -2.13. The van der Waals surface area contributed by atoms with Gasteiger partial charge in [0.25, 0.3) is 0 Å². The average molecular weight is 262 g/mol. The molecule has 3 nitrogen and oxygen atoms in total. The van der Waals surface area contributed by atoms with Gasteiger partial charge in [0.2, 0.25) is 0 Å². The maximum Gasteiger partial charge on any atom is 0.125 e. The van der Waals surface area contributed by atoms with Gasteiger partial charge in [-0.1, -0.05) is 6.07 Å². The van der Waals surface area contributed by atoms with Crippen molar-refractivity contribution in [3.8, 4) is 5.75 Å². The van der Waals surface area contributed by atoms with Crippen LogP contribution in [0.2, 0.25) is 0 Å². The largest absolute Gasteiger partial charge is 0.496 e. The Morgan fingerprint density at radius 2 is 2.00 bits per heavy atom. The molecule has 0 bridgehead atoms. The summed E-state index contributed by atoms with van der Waals surface area (Å²) in [6.07, 6.45) is 0. The summed E-state index contributed by atoms with van der Waals surface area (Å²) < 4.78 is 5.32. The second kappa shape index (κ2) is 5.89. The SMILES string of the molecule is COc1cc(N)ccc1CNCc1cscc1C.